The third-order valence-electron chi connectivity index (χ3n) is 3.28. The number of carboxylic acids is 1. The molecule has 2 aromatic rings. The molecule has 0 fully saturated rings. The van der Waals surface area contributed by atoms with Crippen LogP contribution < -0.4 is 0 Å². The second kappa shape index (κ2) is 5.99. The van der Waals surface area contributed by atoms with Crippen molar-refractivity contribution in [1.82, 2.24) is 4.90 Å². The highest BCUT2D eigenvalue weighted by molar-refractivity contribution is 7.10. The molecule has 0 amide bonds. The SMILES string of the molecule is CC(c1cccs1)N(C)Cc1ccccc1C(=O)O. The molecule has 0 aliphatic rings. The zero-order chi connectivity index (χ0) is 13.8. The molecule has 0 bridgehead atoms. The Morgan fingerprint density at radius 3 is 2.68 bits per heavy atom. The van der Waals surface area contributed by atoms with Gasteiger partial charge in [-0.15, -0.1) is 11.3 Å². The molecule has 1 N–H and O–H groups in total. The van der Waals surface area contributed by atoms with Crippen molar-refractivity contribution in [3.05, 3.63) is 57.8 Å². The van der Waals surface area contributed by atoms with Crippen molar-refractivity contribution in [3.8, 4) is 0 Å². The van der Waals surface area contributed by atoms with Crippen molar-refractivity contribution in [1.29, 1.82) is 0 Å². The molecule has 2 rings (SSSR count). The number of hydrogen-bond donors (Lipinski definition) is 1. The van der Waals surface area contributed by atoms with Crippen molar-refractivity contribution >= 4 is 17.3 Å². The van der Waals surface area contributed by atoms with Gasteiger partial charge >= 0.3 is 5.97 Å². The first-order valence-corrected chi connectivity index (χ1v) is 7.02. The lowest BCUT2D eigenvalue weighted by Gasteiger charge is -2.24. The number of benzene rings is 1. The molecule has 4 heteroatoms. The predicted molar refractivity (Wildman–Crippen MR) is 77.6 cm³/mol. The van der Waals surface area contributed by atoms with E-state index >= 15 is 0 Å². The standard InChI is InChI=1S/C15H17NO2S/c1-11(14-8-5-9-19-14)16(2)10-12-6-3-4-7-13(12)15(17)18/h3-9,11H,10H2,1-2H3,(H,17,18). The zero-order valence-electron chi connectivity index (χ0n) is 11.0. The number of hydrogen-bond acceptors (Lipinski definition) is 3. The molecule has 100 valence electrons. The summed E-state index contributed by atoms with van der Waals surface area (Å²) in [7, 11) is 2.02. The number of carbonyl (C=O) groups is 1. The summed E-state index contributed by atoms with van der Waals surface area (Å²) in [5.41, 5.74) is 1.23. The summed E-state index contributed by atoms with van der Waals surface area (Å²) in [6, 6.07) is 11.6. The van der Waals surface area contributed by atoms with Gasteiger partial charge in [0.1, 0.15) is 0 Å². The van der Waals surface area contributed by atoms with Crippen LogP contribution in [-0.4, -0.2) is 23.0 Å². The molecule has 0 saturated heterocycles. The van der Waals surface area contributed by atoms with Crippen LogP contribution in [0.2, 0.25) is 0 Å². The van der Waals surface area contributed by atoms with Crippen molar-refractivity contribution in [2.75, 3.05) is 7.05 Å². The van der Waals surface area contributed by atoms with Gasteiger partial charge in [-0.2, -0.15) is 0 Å². The van der Waals surface area contributed by atoms with Crippen LogP contribution in [0.4, 0.5) is 0 Å². The minimum atomic E-state index is -0.868. The van der Waals surface area contributed by atoms with E-state index in [0.29, 0.717) is 12.1 Å². The second-order valence-corrected chi connectivity index (χ2v) is 5.55. The predicted octanol–water partition coefficient (Wildman–Crippen LogP) is 3.64. The molecule has 1 heterocycles. The number of nitrogens with zero attached hydrogens (tertiary/aromatic N) is 1. The fraction of sp³-hybridized carbons (Fsp3) is 0.267. The molecule has 0 spiro atoms. The van der Waals surface area contributed by atoms with Crippen molar-refractivity contribution in [2.45, 2.75) is 19.5 Å². The normalized spacial score (nSPS) is 12.6. The first-order valence-electron chi connectivity index (χ1n) is 6.14. The van der Waals surface area contributed by atoms with Crippen molar-refractivity contribution in [2.24, 2.45) is 0 Å². The Balaban J connectivity index is 2.15. The van der Waals surface area contributed by atoms with Gasteiger partial charge in [0.2, 0.25) is 0 Å². The lowest BCUT2D eigenvalue weighted by Crippen LogP contribution is -2.22. The molecule has 3 nitrogen and oxygen atoms in total. The van der Waals surface area contributed by atoms with E-state index in [1.165, 1.54) is 4.88 Å². The fourth-order valence-electron chi connectivity index (χ4n) is 2.02. The summed E-state index contributed by atoms with van der Waals surface area (Å²) >= 11 is 1.72. The highest BCUT2D eigenvalue weighted by atomic mass is 32.1. The van der Waals surface area contributed by atoms with E-state index in [1.807, 2.05) is 25.2 Å². The Bertz CT molecular complexity index is 551. The van der Waals surface area contributed by atoms with Gasteiger partial charge in [-0.05, 0) is 37.0 Å². The maximum absolute atomic E-state index is 11.2. The zero-order valence-corrected chi connectivity index (χ0v) is 11.9. The lowest BCUT2D eigenvalue weighted by atomic mass is 10.1. The van der Waals surface area contributed by atoms with E-state index < -0.39 is 5.97 Å². The van der Waals surface area contributed by atoms with Crippen LogP contribution in [0.1, 0.15) is 33.8 Å². The van der Waals surface area contributed by atoms with E-state index in [9.17, 15) is 9.90 Å². The summed E-state index contributed by atoms with van der Waals surface area (Å²) in [5, 5.41) is 11.2. The smallest absolute Gasteiger partial charge is 0.336 e. The molecule has 1 unspecified atom stereocenters. The Kier molecular flexibility index (Phi) is 4.35. The van der Waals surface area contributed by atoms with E-state index in [0.717, 1.165) is 5.56 Å². The van der Waals surface area contributed by atoms with Gasteiger partial charge in [-0.1, -0.05) is 24.3 Å². The summed E-state index contributed by atoms with van der Waals surface area (Å²) in [6.07, 6.45) is 0. The number of rotatable bonds is 5. The van der Waals surface area contributed by atoms with Crippen LogP contribution in [0.15, 0.2) is 41.8 Å². The first kappa shape index (κ1) is 13.8. The molecular formula is C15H17NO2S. The maximum Gasteiger partial charge on any atom is 0.336 e. The molecule has 0 saturated carbocycles. The molecule has 1 aromatic heterocycles. The quantitative estimate of drug-likeness (QED) is 0.905. The average Bonchev–Trinajstić information content (AvgIpc) is 2.92. The minimum Gasteiger partial charge on any atom is -0.478 e. The molecule has 0 aliphatic heterocycles. The third kappa shape index (κ3) is 3.22. The van der Waals surface area contributed by atoms with Gasteiger partial charge in [0.15, 0.2) is 0 Å². The van der Waals surface area contributed by atoms with Crippen LogP contribution in [0, 0.1) is 0 Å². The highest BCUT2D eigenvalue weighted by Crippen LogP contribution is 2.25. The number of aromatic carboxylic acids is 1. The summed E-state index contributed by atoms with van der Waals surface area (Å²) in [4.78, 5) is 14.6. The van der Waals surface area contributed by atoms with Gasteiger partial charge < -0.3 is 5.11 Å². The van der Waals surface area contributed by atoms with Crippen LogP contribution in [0.25, 0.3) is 0 Å². The van der Waals surface area contributed by atoms with Crippen molar-refractivity contribution < 1.29 is 9.90 Å². The van der Waals surface area contributed by atoms with Gasteiger partial charge in [-0.25, -0.2) is 4.79 Å². The average molecular weight is 275 g/mol. The first-order chi connectivity index (χ1) is 9.09. The summed E-state index contributed by atoms with van der Waals surface area (Å²) in [5.74, 6) is -0.868. The molecule has 1 aromatic carbocycles. The summed E-state index contributed by atoms with van der Waals surface area (Å²) in [6.45, 7) is 2.76. The van der Waals surface area contributed by atoms with Crippen LogP contribution in [0.3, 0.4) is 0 Å². The van der Waals surface area contributed by atoms with Gasteiger partial charge in [0.05, 0.1) is 5.56 Å². The minimum absolute atomic E-state index is 0.279. The van der Waals surface area contributed by atoms with E-state index in [2.05, 4.69) is 23.3 Å². The monoisotopic (exact) mass is 275 g/mol. The van der Waals surface area contributed by atoms with Gasteiger partial charge in [0.25, 0.3) is 0 Å². The number of thiophene rings is 1. The molecule has 0 radical (unpaired) electrons. The van der Waals surface area contributed by atoms with Crippen molar-refractivity contribution in [3.63, 3.8) is 0 Å². The molecule has 1 atom stereocenters. The van der Waals surface area contributed by atoms with E-state index in [-0.39, 0.29) is 6.04 Å². The summed E-state index contributed by atoms with van der Waals surface area (Å²) < 4.78 is 0. The molecular weight excluding hydrogens is 258 g/mol. The Morgan fingerprint density at radius 1 is 1.32 bits per heavy atom. The largest absolute Gasteiger partial charge is 0.478 e. The Morgan fingerprint density at radius 2 is 2.05 bits per heavy atom. The van der Waals surface area contributed by atoms with Crippen LogP contribution in [0.5, 0.6) is 0 Å². The topological polar surface area (TPSA) is 40.5 Å². The molecule has 19 heavy (non-hydrogen) atoms. The lowest BCUT2D eigenvalue weighted by molar-refractivity contribution is 0.0694. The fourth-order valence-corrected chi connectivity index (χ4v) is 2.87. The maximum atomic E-state index is 11.2. The van der Waals surface area contributed by atoms with E-state index in [1.54, 1.807) is 23.5 Å². The highest BCUT2D eigenvalue weighted by Gasteiger charge is 2.16. The second-order valence-electron chi connectivity index (χ2n) is 4.57. The van der Waals surface area contributed by atoms with E-state index in [4.69, 9.17) is 0 Å². The Hall–Kier alpha value is -1.65. The Labute approximate surface area is 117 Å². The number of carboxylic acid groups (broad SMARTS) is 1. The van der Waals surface area contributed by atoms with Crippen LogP contribution >= 0.6 is 11.3 Å². The van der Waals surface area contributed by atoms with Gasteiger partial charge in [-0.3, -0.25) is 4.90 Å². The van der Waals surface area contributed by atoms with Gasteiger partial charge in [0, 0.05) is 17.5 Å². The van der Waals surface area contributed by atoms with Crippen LogP contribution in [-0.2, 0) is 6.54 Å². The molecule has 0 aliphatic carbocycles. The third-order valence-corrected chi connectivity index (χ3v) is 4.33.